The first-order valence-electron chi connectivity index (χ1n) is 4.38. The van der Waals surface area contributed by atoms with E-state index in [0.29, 0.717) is 0 Å². The van der Waals surface area contributed by atoms with E-state index in [0.717, 1.165) is 23.7 Å². The quantitative estimate of drug-likeness (QED) is 0.714. The Labute approximate surface area is 77.7 Å². The Hall–Kier alpha value is -1.38. The summed E-state index contributed by atoms with van der Waals surface area (Å²) < 4.78 is 10.7. The van der Waals surface area contributed by atoms with Crippen molar-refractivity contribution in [2.24, 2.45) is 0 Å². The minimum atomic E-state index is 0.237. The number of rotatable bonds is 1. The van der Waals surface area contributed by atoms with Crippen LogP contribution in [0.2, 0.25) is 0 Å². The Morgan fingerprint density at radius 1 is 1.54 bits per heavy atom. The fraction of sp³-hybridized carbons (Fsp3) is 0.400. The molecule has 0 bridgehead atoms. The minimum Gasteiger partial charge on any atom is -0.497 e. The Morgan fingerprint density at radius 3 is 3.15 bits per heavy atom. The van der Waals surface area contributed by atoms with Gasteiger partial charge in [-0.05, 0) is 19.1 Å². The maximum atomic E-state index is 5.61. The van der Waals surface area contributed by atoms with Crippen molar-refractivity contribution >= 4 is 5.69 Å². The average molecular weight is 179 g/mol. The van der Waals surface area contributed by atoms with Crippen LogP contribution in [0.3, 0.4) is 0 Å². The van der Waals surface area contributed by atoms with Crippen molar-refractivity contribution in [3.63, 3.8) is 0 Å². The summed E-state index contributed by atoms with van der Waals surface area (Å²) in [5, 5.41) is 3.28. The van der Waals surface area contributed by atoms with Gasteiger partial charge in [-0.25, -0.2) is 0 Å². The number of anilines is 1. The van der Waals surface area contributed by atoms with Crippen LogP contribution >= 0.6 is 0 Å². The lowest BCUT2D eigenvalue weighted by atomic mass is 10.2. The molecule has 0 amide bonds. The monoisotopic (exact) mass is 179 g/mol. The van der Waals surface area contributed by atoms with E-state index < -0.39 is 0 Å². The Kier molecular flexibility index (Phi) is 2.00. The van der Waals surface area contributed by atoms with E-state index in [1.807, 2.05) is 25.1 Å². The minimum absolute atomic E-state index is 0.237. The van der Waals surface area contributed by atoms with E-state index in [1.54, 1.807) is 7.11 Å². The van der Waals surface area contributed by atoms with Crippen molar-refractivity contribution in [1.82, 2.24) is 0 Å². The third-order valence-corrected chi connectivity index (χ3v) is 2.09. The predicted octanol–water partition coefficient (Wildman–Crippen LogP) is 1.89. The summed E-state index contributed by atoms with van der Waals surface area (Å²) in [5.41, 5.74) is 1.01. The molecule has 1 aromatic carbocycles. The first-order valence-corrected chi connectivity index (χ1v) is 4.38. The van der Waals surface area contributed by atoms with Gasteiger partial charge in [0.15, 0.2) is 0 Å². The van der Waals surface area contributed by atoms with Crippen molar-refractivity contribution in [1.29, 1.82) is 0 Å². The number of hydrogen-bond donors (Lipinski definition) is 1. The van der Waals surface area contributed by atoms with E-state index in [2.05, 4.69) is 5.32 Å². The Morgan fingerprint density at radius 2 is 2.38 bits per heavy atom. The molecule has 3 heteroatoms. The lowest BCUT2D eigenvalue weighted by molar-refractivity contribution is 0.225. The summed E-state index contributed by atoms with van der Waals surface area (Å²) in [5.74, 6) is 1.75. The largest absolute Gasteiger partial charge is 0.497 e. The van der Waals surface area contributed by atoms with Crippen LogP contribution in [-0.4, -0.2) is 19.8 Å². The third kappa shape index (κ3) is 1.54. The van der Waals surface area contributed by atoms with Crippen LogP contribution in [0, 0.1) is 0 Å². The molecule has 0 saturated heterocycles. The highest BCUT2D eigenvalue weighted by atomic mass is 16.5. The van der Waals surface area contributed by atoms with Gasteiger partial charge in [-0.3, -0.25) is 0 Å². The highest BCUT2D eigenvalue weighted by Crippen LogP contribution is 2.32. The molecule has 0 radical (unpaired) electrons. The number of methoxy groups -OCH3 is 1. The van der Waals surface area contributed by atoms with Gasteiger partial charge in [-0.15, -0.1) is 0 Å². The topological polar surface area (TPSA) is 30.5 Å². The van der Waals surface area contributed by atoms with Crippen molar-refractivity contribution in [3.05, 3.63) is 18.2 Å². The summed E-state index contributed by atoms with van der Waals surface area (Å²) in [4.78, 5) is 0. The summed E-state index contributed by atoms with van der Waals surface area (Å²) in [6.45, 7) is 2.89. The number of ether oxygens (including phenoxy) is 2. The Balaban J connectivity index is 2.31. The second-order valence-electron chi connectivity index (χ2n) is 3.17. The molecule has 13 heavy (non-hydrogen) atoms. The molecule has 0 fully saturated rings. The number of hydrogen-bond acceptors (Lipinski definition) is 3. The van der Waals surface area contributed by atoms with Crippen LogP contribution in [0.5, 0.6) is 11.5 Å². The molecule has 1 heterocycles. The molecule has 2 rings (SSSR count). The fourth-order valence-corrected chi connectivity index (χ4v) is 1.39. The molecule has 70 valence electrons. The molecule has 0 spiro atoms. The third-order valence-electron chi connectivity index (χ3n) is 2.09. The Bertz CT molecular complexity index is 312. The first-order chi connectivity index (χ1) is 6.29. The van der Waals surface area contributed by atoms with Gasteiger partial charge in [-0.2, -0.15) is 0 Å². The summed E-state index contributed by atoms with van der Waals surface area (Å²) in [6, 6.07) is 5.77. The molecule has 0 aromatic heterocycles. The highest BCUT2D eigenvalue weighted by Gasteiger charge is 2.15. The molecule has 1 aromatic rings. The zero-order valence-electron chi connectivity index (χ0n) is 7.83. The van der Waals surface area contributed by atoms with Crippen LogP contribution in [0.4, 0.5) is 5.69 Å². The zero-order valence-corrected chi connectivity index (χ0v) is 7.83. The number of nitrogens with one attached hydrogen (secondary N) is 1. The molecular formula is C10H13NO2. The molecule has 3 nitrogen and oxygen atoms in total. The molecule has 0 saturated carbocycles. The maximum Gasteiger partial charge on any atom is 0.143 e. The van der Waals surface area contributed by atoms with E-state index >= 15 is 0 Å². The fourth-order valence-electron chi connectivity index (χ4n) is 1.39. The van der Waals surface area contributed by atoms with Crippen LogP contribution in [0.15, 0.2) is 18.2 Å². The predicted molar refractivity (Wildman–Crippen MR) is 51.6 cm³/mol. The zero-order chi connectivity index (χ0) is 9.26. The highest BCUT2D eigenvalue weighted by molar-refractivity contribution is 5.61. The summed E-state index contributed by atoms with van der Waals surface area (Å²) >= 11 is 0. The van der Waals surface area contributed by atoms with Gasteiger partial charge in [0.05, 0.1) is 19.3 Å². The smallest absolute Gasteiger partial charge is 0.143 e. The summed E-state index contributed by atoms with van der Waals surface area (Å²) in [6.07, 6.45) is 0.237. The van der Waals surface area contributed by atoms with Crippen molar-refractivity contribution in [2.75, 3.05) is 19.0 Å². The van der Waals surface area contributed by atoms with Gasteiger partial charge >= 0.3 is 0 Å². The van der Waals surface area contributed by atoms with Crippen molar-refractivity contribution in [3.8, 4) is 11.5 Å². The van der Waals surface area contributed by atoms with Crippen LogP contribution < -0.4 is 14.8 Å². The van der Waals surface area contributed by atoms with Gasteiger partial charge in [0.1, 0.15) is 17.6 Å². The molecular weight excluding hydrogens is 166 g/mol. The van der Waals surface area contributed by atoms with E-state index in [9.17, 15) is 0 Å². The summed E-state index contributed by atoms with van der Waals surface area (Å²) in [7, 11) is 1.66. The SMILES string of the molecule is COc1ccc2c(c1)NCC(C)O2. The molecule has 1 atom stereocenters. The number of fused-ring (bicyclic) bond motifs is 1. The van der Waals surface area contributed by atoms with E-state index in [1.165, 1.54) is 0 Å². The second kappa shape index (κ2) is 3.17. The first kappa shape index (κ1) is 8.23. The standard InChI is InChI=1S/C10H13NO2/c1-7-6-11-9-5-8(12-2)3-4-10(9)13-7/h3-5,7,11H,6H2,1-2H3. The van der Waals surface area contributed by atoms with Crippen LogP contribution in [0.25, 0.3) is 0 Å². The molecule has 1 N–H and O–H groups in total. The van der Waals surface area contributed by atoms with Gasteiger partial charge < -0.3 is 14.8 Å². The molecule has 1 unspecified atom stereocenters. The molecule has 0 aliphatic carbocycles. The van der Waals surface area contributed by atoms with E-state index in [4.69, 9.17) is 9.47 Å². The van der Waals surface area contributed by atoms with Gasteiger partial charge in [0, 0.05) is 6.07 Å². The van der Waals surface area contributed by atoms with Gasteiger partial charge in [-0.1, -0.05) is 0 Å². The second-order valence-corrected chi connectivity index (χ2v) is 3.17. The van der Waals surface area contributed by atoms with Gasteiger partial charge in [0.25, 0.3) is 0 Å². The van der Waals surface area contributed by atoms with Crippen LogP contribution in [0.1, 0.15) is 6.92 Å². The van der Waals surface area contributed by atoms with Crippen LogP contribution in [-0.2, 0) is 0 Å². The van der Waals surface area contributed by atoms with Gasteiger partial charge in [0.2, 0.25) is 0 Å². The normalized spacial score (nSPS) is 19.7. The van der Waals surface area contributed by atoms with Crippen molar-refractivity contribution in [2.45, 2.75) is 13.0 Å². The molecule has 1 aliphatic heterocycles. The molecule has 1 aliphatic rings. The number of benzene rings is 1. The lowest BCUT2D eigenvalue weighted by Gasteiger charge is -2.24. The average Bonchev–Trinajstić information content (AvgIpc) is 2.17. The van der Waals surface area contributed by atoms with E-state index in [-0.39, 0.29) is 6.10 Å². The van der Waals surface area contributed by atoms with Crippen molar-refractivity contribution < 1.29 is 9.47 Å². The lowest BCUT2D eigenvalue weighted by Crippen LogP contribution is -2.27. The maximum absolute atomic E-state index is 5.61.